The van der Waals surface area contributed by atoms with Crippen LogP contribution in [0.5, 0.6) is 0 Å². The average molecular weight is 300 g/mol. The lowest BCUT2D eigenvalue weighted by Crippen LogP contribution is -2.34. The number of aromatic nitrogens is 2. The number of hydrogen-bond acceptors (Lipinski definition) is 4. The van der Waals surface area contributed by atoms with Crippen LogP contribution in [0, 0.1) is 10.1 Å². The Morgan fingerprint density at radius 3 is 3.00 bits per heavy atom. The lowest BCUT2D eigenvalue weighted by molar-refractivity contribution is -0.384. The van der Waals surface area contributed by atoms with Gasteiger partial charge in [0.2, 0.25) is 5.91 Å². The summed E-state index contributed by atoms with van der Waals surface area (Å²) >= 11 is 0. The smallest absolute Gasteiger partial charge is 0.270 e. The van der Waals surface area contributed by atoms with E-state index in [9.17, 15) is 14.9 Å². The van der Waals surface area contributed by atoms with Crippen molar-refractivity contribution >= 4 is 17.7 Å². The molecule has 7 nitrogen and oxygen atoms in total. The minimum Gasteiger partial charge on any atom is -0.348 e. The maximum atomic E-state index is 11.8. The van der Waals surface area contributed by atoms with Crippen LogP contribution in [0.3, 0.4) is 0 Å². The van der Waals surface area contributed by atoms with Crippen LogP contribution < -0.4 is 5.32 Å². The van der Waals surface area contributed by atoms with Crippen molar-refractivity contribution in [3.63, 3.8) is 0 Å². The summed E-state index contributed by atoms with van der Waals surface area (Å²) in [7, 11) is 0. The molecule has 114 valence electrons. The van der Waals surface area contributed by atoms with Gasteiger partial charge >= 0.3 is 0 Å². The molecular weight excluding hydrogens is 284 g/mol. The third-order valence-electron chi connectivity index (χ3n) is 2.92. The van der Waals surface area contributed by atoms with Crippen molar-refractivity contribution in [2.75, 3.05) is 0 Å². The fraction of sp³-hybridized carbons (Fsp3) is 0.200. The normalized spacial score (nSPS) is 12.2. The predicted octanol–water partition coefficient (Wildman–Crippen LogP) is 2.01. The quantitative estimate of drug-likeness (QED) is 0.502. The zero-order valence-electron chi connectivity index (χ0n) is 12.0. The van der Waals surface area contributed by atoms with Gasteiger partial charge in [0, 0.05) is 36.6 Å². The summed E-state index contributed by atoms with van der Waals surface area (Å²) in [6.45, 7) is 2.45. The van der Waals surface area contributed by atoms with E-state index < -0.39 is 4.92 Å². The first-order chi connectivity index (χ1) is 10.5. The molecule has 22 heavy (non-hydrogen) atoms. The number of nitrogens with one attached hydrogen (secondary N) is 1. The summed E-state index contributed by atoms with van der Waals surface area (Å²) in [6, 6.07) is 7.83. The second kappa shape index (κ2) is 7.16. The number of hydrogen-bond donors (Lipinski definition) is 1. The molecule has 0 aliphatic rings. The van der Waals surface area contributed by atoms with E-state index in [2.05, 4.69) is 10.4 Å². The summed E-state index contributed by atoms with van der Waals surface area (Å²) in [5.41, 5.74) is 0.596. The van der Waals surface area contributed by atoms with Gasteiger partial charge in [-0.05, 0) is 24.6 Å². The van der Waals surface area contributed by atoms with Crippen molar-refractivity contribution in [2.45, 2.75) is 19.5 Å². The zero-order chi connectivity index (χ0) is 15.9. The monoisotopic (exact) mass is 300 g/mol. The first-order valence-corrected chi connectivity index (χ1v) is 6.75. The van der Waals surface area contributed by atoms with Crippen molar-refractivity contribution in [3.05, 3.63) is 64.5 Å². The fourth-order valence-electron chi connectivity index (χ4n) is 1.94. The maximum absolute atomic E-state index is 11.8. The van der Waals surface area contributed by atoms with Gasteiger partial charge in [0.1, 0.15) is 0 Å². The molecule has 0 aliphatic heterocycles. The average Bonchev–Trinajstić information content (AvgIpc) is 2.98. The third kappa shape index (κ3) is 4.55. The number of nitro benzene ring substituents is 1. The SMILES string of the molecule is CC(Cn1cccn1)NC(=O)C=Cc1cccc([N+](=O)[O-])c1. The van der Waals surface area contributed by atoms with Crippen molar-refractivity contribution in [1.29, 1.82) is 0 Å². The highest BCUT2D eigenvalue weighted by atomic mass is 16.6. The Morgan fingerprint density at radius 1 is 1.50 bits per heavy atom. The highest BCUT2D eigenvalue weighted by Gasteiger charge is 2.06. The molecule has 1 atom stereocenters. The molecule has 1 heterocycles. The third-order valence-corrected chi connectivity index (χ3v) is 2.92. The number of carbonyl (C=O) groups is 1. The minimum absolute atomic E-state index is 0.00499. The lowest BCUT2D eigenvalue weighted by Gasteiger charge is -2.12. The molecule has 1 unspecified atom stereocenters. The Hall–Kier alpha value is -2.96. The molecule has 0 radical (unpaired) electrons. The molecule has 1 aromatic carbocycles. The molecule has 0 saturated carbocycles. The van der Waals surface area contributed by atoms with E-state index in [4.69, 9.17) is 0 Å². The van der Waals surface area contributed by atoms with E-state index in [1.54, 1.807) is 29.1 Å². The van der Waals surface area contributed by atoms with Gasteiger partial charge in [-0.25, -0.2) is 0 Å². The second-order valence-electron chi connectivity index (χ2n) is 4.82. The zero-order valence-corrected chi connectivity index (χ0v) is 12.0. The molecule has 0 bridgehead atoms. The standard InChI is InChI=1S/C15H16N4O3/c1-12(11-18-9-3-8-16-18)17-15(20)7-6-13-4-2-5-14(10-13)19(21)22/h2-10,12H,11H2,1H3,(H,17,20). The molecule has 0 saturated heterocycles. The Bertz CT molecular complexity index is 680. The number of amides is 1. The summed E-state index contributed by atoms with van der Waals surface area (Å²) in [5, 5.41) is 17.6. The van der Waals surface area contributed by atoms with Gasteiger partial charge in [0.05, 0.1) is 11.5 Å². The highest BCUT2D eigenvalue weighted by Crippen LogP contribution is 2.13. The molecular formula is C15H16N4O3. The van der Waals surface area contributed by atoms with Crippen LogP contribution in [0.1, 0.15) is 12.5 Å². The molecule has 0 fully saturated rings. The number of rotatable bonds is 6. The van der Waals surface area contributed by atoms with Crippen molar-refractivity contribution in [3.8, 4) is 0 Å². The first-order valence-electron chi connectivity index (χ1n) is 6.75. The molecule has 1 amide bonds. The van der Waals surface area contributed by atoms with E-state index in [1.807, 2.05) is 19.2 Å². The van der Waals surface area contributed by atoms with Gasteiger partial charge in [-0.15, -0.1) is 0 Å². The van der Waals surface area contributed by atoms with E-state index in [0.717, 1.165) is 0 Å². The number of carbonyl (C=O) groups excluding carboxylic acids is 1. The summed E-state index contributed by atoms with van der Waals surface area (Å²) in [4.78, 5) is 22.0. The van der Waals surface area contributed by atoms with Crippen molar-refractivity contribution < 1.29 is 9.72 Å². The van der Waals surface area contributed by atoms with Gasteiger partial charge in [0.15, 0.2) is 0 Å². The molecule has 2 aromatic rings. The molecule has 2 rings (SSSR count). The Kier molecular flexibility index (Phi) is 5.02. The van der Waals surface area contributed by atoms with E-state index in [0.29, 0.717) is 12.1 Å². The van der Waals surface area contributed by atoms with Gasteiger partial charge in [-0.2, -0.15) is 5.10 Å². The number of benzene rings is 1. The van der Waals surface area contributed by atoms with Gasteiger partial charge in [0.25, 0.3) is 5.69 Å². The lowest BCUT2D eigenvalue weighted by atomic mass is 10.2. The van der Waals surface area contributed by atoms with Gasteiger partial charge in [-0.1, -0.05) is 12.1 Å². The molecule has 0 aliphatic carbocycles. The summed E-state index contributed by atoms with van der Waals surface area (Å²) < 4.78 is 1.73. The van der Waals surface area contributed by atoms with Crippen LogP contribution >= 0.6 is 0 Å². The Morgan fingerprint density at radius 2 is 2.32 bits per heavy atom. The molecule has 1 N–H and O–H groups in total. The van der Waals surface area contributed by atoms with Crippen LogP contribution in [0.2, 0.25) is 0 Å². The number of nitro groups is 1. The predicted molar refractivity (Wildman–Crippen MR) is 82.0 cm³/mol. The van der Waals surface area contributed by atoms with Crippen LogP contribution in [-0.4, -0.2) is 26.7 Å². The fourth-order valence-corrected chi connectivity index (χ4v) is 1.94. The number of nitrogens with zero attached hydrogens (tertiary/aromatic N) is 3. The minimum atomic E-state index is -0.469. The van der Waals surface area contributed by atoms with Gasteiger partial charge < -0.3 is 5.32 Å². The largest absolute Gasteiger partial charge is 0.348 e. The van der Waals surface area contributed by atoms with E-state index in [-0.39, 0.29) is 17.6 Å². The second-order valence-corrected chi connectivity index (χ2v) is 4.82. The topological polar surface area (TPSA) is 90.1 Å². The number of non-ortho nitro benzene ring substituents is 1. The van der Waals surface area contributed by atoms with E-state index in [1.165, 1.54) is 18.2 Å². The molecule has 0 spiro atoms. The van der Waals surface area contributed by atoms with Crippen LogP contribution in [0.25, 0.3) is 6.08 Å². The molecule has 1 aromatic heterocycles. The van der Waals surface area contributed by atoms with Crippen LogP contribution in [0.4, 0.5) is 5.69 Å². The van der Waals surface area contributed by atoms with Crippen molar-refractivity contribution in [1.82, 2.24) is 15.1 Å². The van der Waals surface area contributed by atoms with E-state index >= 15 is 0 Å². The van der Waals surface area contributed by atoms with Gasteiger partial charge in [-0.3, -0.25) is 19.6 Å². The first kappa shape index (κ1) is 15.4. The maximum Gasteiger partial charge on any atom is 0.270 e. The summed E-state index contributed by atoms with van der Waals surface area (Å²) in [5.74, 6) is -0.258. The van der Waals surface area contributed by atoms with Crippen LogP contribution in [0.15, 0.2) is 48.8 Å². The Balaban J connectivity index is 1.90. The molecule has 7 heteroatoms. The van der Waals surface area contributed by atoms with Crippen molar-refractivity contribution in [2.24, 2.45) is 0 Å². The summed E-state index contributed by atoms with van der Waals surface area (Å²) in [6.07, 6.45) is 6.40. The van der Waals surface area contributed by atoms with Crippen LogP contribution in [-0.2, 0) is 11.3 Å². The Labute approximate surface area is 127 Å². The highest BCUT2D eigenvalue weighted by molar-refractivity contribution is 5.91.